The summed E-state index contributed by atoms with van der Waals surface area (Å²) in [6.45, 7) is 2.57. The van der Waals surface area contributed by atoms with Crippen molar-refractivity contribution in [2.24, 2.45) is 0 Å². The van der Waals surface area contributed by atoms with Crippen molar-refractivity contribution in [3.63, 3.8) is 0 Å². The van der Waals surface area contributed by atoms with Crippen molar-refractivity contribution < 1.29 is 4.79 Å². The maximum absolute atomic E-state index is 12.2. The fraction of sp³-hybridized carbons (Fsp3) is 0.188. The molecule has 2 N–H and O–H groups in total. The normalized spacial score (nSPS) is 11.9. The summed E-state index contributed by atoms with van der Waals surface area (Å²) in [5.74, 6) is -0.130. The topological polar surface area (TPSA) is 71.8 Å². The Morgan fingerprint density at radius 3 is 2.70 bits per heavy atom. The summed E-state index contributed by atoms with van der Waals surface area (Å²) in [4.78, 5) is 16.0. The van der Waals surface area contributed by atoms with Gasteiger partial charge in [-0.25, -0.2) is 9.67 Å². The van der Waals surface area contributed by atoms with Crippen LogP contribution >= 0.6 is 11.3 Å². The number of nitrogens with one attached hydrogen (secondary N) is 2. The number of thiophene rings is 1. The molecule has 3 rings (SSSR count). The summed E-state index contributed by atoms with van der Waals surface area (Å²) in [6, 6.07) is 9.33. The summed E-state index contributed by atoms with van der Waals surface area (Å²) in [6.07, 6.45) is 2.94. The highest BCUT2D eigenvalue weighted by Crippen LogP contribution is 2.16. The predicted molar refractivity (Wildman–Crippen MR) is 91.5 cm³/mol. The van der Waals surface area contributed by atoms with Crippen molar-refractivity contribution >= 4 is 28.6 Å². The van der Waals surface area contributed by atoms with Gasteiger partial charge < -0.3 is 10.6 Å². The maximum atomic E-state index is 12.2. The predicted octanol–water partition coefficient (Wildman–Crippen LogP) is 3.15. The fourth-order valence-electron chi connectivity index (χ4n) is 2.05. The Morgan fingerprint density at radius 1 is 1.26 bits per heavy atom. The highest BCUT2D eigenvalue weighted by molar-refractivity contribution is 7.07. The summed E-state index contributed by atoms with van der Waals surface area (Å²) >= 11 is 1.69. The average Bonchev–Trinajstić information content (AvgIpc) is 3.27. The number of carbonyl (C=O) groups excluding carboxylic acids is 1. The molecule has 7 heteroatoms. The molecule has 0 saturated heterocycles. The third-order valence-corrected chi connectivity index (χ3v) is 4.17. The number of anilines is 2. The van der Waals surface area contributed by atoms with Crippen molar-refractivity contribution in [2.75, 3.05) is 10.6 Å². The molecule has 0 spiro atoms. The van der Waals surface area contributed by atoms with Crippen LogP contribution in [-0.2, 0) is 11.3 Å². The van der Waals surface area contributed by atoms with Gasteiger partial charge in [-0.1, -0.05) is 0 Å². The zero-order chi connectivity index (χ0) is 16.1. The number of amides is 1. The van der Waals surface area contributed by atoms with Crippen LogP contribution in [0.1, 0.15) is 18.5 Å². The molecule has 0 unspecified atom stereocenters. The van der Waals surface area contributed by atoms with Gasteiger partial charge in [-0.3, -0.25) is 4.79 Å². The van der Waals surface area contributed by atoms with Crippen molar-refractivity contribution in [2.45, 2.75) is 19.5 Å². The molecule has 0 aliphatic rings. The van der Waals surface area contributed by atoms with E-state index in [2.05, 4.69) is 37.5 Å². The quantitative estimate of drug-likeness (QED) is 0.729. The van der Waals surface area contributed by atoms with Crippen molar-refractivity contribution in [3.05, 3.63) is 59.3 Å². The van der Waals surface area contributed by atoms with Gasteiger partial charge in [-0.15, -0.1) is 0 Å². The van der Waals surface area contributed by atoms with E-state index in [1.54, 1.807) is 18.3 Å². The lowest BCUT2D eigenvalue weighted by atomic mass is 10.2. The number of rotatable bonds is 6. The van der Waals surface area contributed by atoms with E-state index < -0.39 is 6.04 Å². The molecule has 118 valence electrons. The highest BCUT2D eigenvalue weighted by Gasteiger charge is 2.15. The van der Waals surface area contributed by atoms with Gasteiger partial charge in [0, 0.05) is 17.9 Å². The van der Waals surface area contributed by atoms with Crippen LogP contribution < -0.4 is 10.6 Å². The van der Waals surface area contributed by atoms with Gasteiger partial charge in [0.1, 0.15) is 18.7 Å². The number of carbonyl (C=O) groups is 1. The Hall–Kier alpha value is -2.67. The van der Waals surface area contributed by atoms with Crippen LogP contribution in [-0.4, -0.2) is 20.7 Å². The molecule has 3 aromatic rings. The summed E-state index contributed by atoms with van der Waals surface area (Å²) in [5, 5.41) is 14.4. The third-order valence-electron chi connectivity index (χ3n) is 3.44. The molecular weight excluding hydrogens is 310 g/mol. The van der Waals surface area contributed by atoms with E-state index in [9.17, 15) is 4.79 Å². The number of hydrogen-bond acceptors (Lipinski definition) is 5. The molecule has 0 fully saturated rings. The SMILES string of the molecule is C[C@@H](C(=O)Nc1ccc(NCc2ccsc2)cc1)n1cncn1. The van der Waals surface area contributed by atoms with Gasteiger partial charge >= 0.3 is 0 Å². The van der Waals surface area contributed by atoms with E-state index in [1.807, 2.05) is 24.3 Å². The van der Waals surface area contributed by atoms with Gasteiger partial charge in [-0.05, 0) is 53.6 Å². The Kier molecular flexibility index (Phi) is 4.68. The van der Waals surface area contributed by atoms with Crippen LogP contribution in [0.15, 0.2) is 53.7 Å². The first-order chi connectivity index (χ1) is 11.2. The second-order valence-corrected chi connectivity index (χ2v) is 5.88. The molecular formula is C16H17N5OS. The first-order valence-electron chi connectivity index (χ1n) is 7.22. The van der Waals surface area contributed by atoms with E-state index in [0.717, 1.165) is 17.9 Å². The minimum atomic E-state index is -0.408. The number of hydrogen-bond donors (Lipinski definition) is 2. The van der Waals surface area contributed by atoms with E-state index in [-0.39, 0.29) is 5.91 Å². The van der Waals surface area contributed by atoms with E-state index in [1.165, 1.54) is 22.9 Å². The number of aromatic nitrogens is 3. The van der Waals surface area contributed by atoms with Crippen molar-refractivity contribution in [1.29, 1.82) is 0 Å². The summed E-state index contributed by atoms with van der Waals surface area (Å²) in [5.41, 5.74) is 3.02. The van der Waals surface area contributed by atoms with Gasteiger partial charge in [0.25, 0.3) is 0 Å². The Morgan fingerprint density at radius 2 is 2.04 bits per heavy atom. The molecule has 23 heavy (non-hydrogen) atoms. The second kappa shape index (κ2) is 7.06. The van der Waals surface area contributed by atoms with Crippen LogP contribution in [0.3, 0.4) is 0 Å². The van der Waals surface area contributed by atoms with Crippen LogP contribution in [0.4, 0.5) is 11.4 Å². The minimum Gasteiger partial charge on any atom is -0.381 e. The summed E-state index contributed by atoms with van der Waals surface area (Å²) < 4.78 is 1.52. The lowest BCUT2D eigenvalue weighted by Gasteiger charge is -2.12. The lowest BCUT2D eigenvalue weighted by Crippen LogP contribution is -2.24. The molecule has 0 aliphatic carbocycles. The second-order valence-electron chi connectivity index (χ2n) is 5.10. The minimum absolute atomic E-state index is 0.130. The first-order valence-corrected chi connectivity index (χ1v) is 8.16. The van der Waals surface area contributed by atoms with Crippen molar-refractivity contribution in [1.82, 2.24) is 14.8 Å². The van der Waals surface area contributed by atoms with E-state index in [4.69, 9.17) is 0 Å². The van der Waals surface area contributed by atoms with Gasteiger partial charge in [0.15, 0.2) is 0 Å². The standard InChI is InChI=1S/C16H17N5OS/c1-12(21-11-17-10-19-21)16(22)20-15-4-2-14(3-5-15)18-8-13-6-7-23-9-13/h2-7,9-12,18H,8H2,1H3,(H,20,22)/t12-/m0/s1. The lowest BCUT2D eigenvalue weighted by molar-refractivity contribution is -0.119. The Balaban J connectivity index is 1.55. The van der Waals surface area contributed by atoms with Gasteiger partial charge in [0.2, 0.25) is 5.91 Å². The summed E-state index contributed by atoms with van der Waals surface area (Å²) in [7, 11) is 0. The molecule has 0 bridgehead atoms. The molecule has 2 heterocycles. The van der Waals surface area contributed by atoms with Crippen LogP contribution in [0, 0.1) is 0 Å². The van der Waals surface area contributed by atoms with Gasteiger partial charge in [-0.2, -0.15) is 16.4 Å². The average molecular weight is 327 g/mol. The maximum Gasteiger partial charge on any atom is 0.249 e. The molecule has 0 saturated carbocycles. The molecule has 1 amide bonds. The molecule has 0 aliphatic heterocycles. The Bertz CT molecular complexity index is 737. The fourth-order valence-corrected chi connectivity index (χ4v) is 2.72. The van der Waals surface area contributed by atoms with E-state index >= 15 is 0 Å². The zero-order valence-electron chi connectivity index (χ0n) is 12.6. The monoisotopic (exact) mass is 327 g/mol. The molecule has 0 radical (unpaired) electrons. The number of benzene rings is 1. The number of nitrogens with zero attached hydrogens (tertiary/aromatic N) is 3. The third kappa shape index (κ3) is 3.95. The van der Waals surface area contributed by atoms with E-state index in [0.29, 0.717) is 0 Å². The molecule has 6 nitrogen and oxygen atoms in total. The highest BCUT2D eigenvalue weighted by atomic mass is 32.1. The zero-order valence-corrected chi connectivity index (χ0v) is 13.5. The largest absolute Gasteiger partial charge is 0.381 e. The van der Waals surface area contributed by atoms with Gasteiger partial charge in [0.05, 0.1) is 0 Å². The van der Waals surface area contributed by atoms with Crippen LogP contribution in [0.5, 0.6) is 0 Å². The van der Waals surface area contributed by atoms with Crippen molar-refractivity contribution in [3.8, 4) is 0 Å². The van der Waals surface area contributed by atoms with Crippen LogP contribution in [0.2, 0.25) is 0 Å². The molecule has 1 aromatic carbocycles. The smallest absolute Gasteiger partial charge is 0.249 e. The Labute approximate surface area is 138 Å². The molecule has 1 atom stereocenters. The molecule has 2 aromatic heterocycles. The first kappa shape index (κ1) is 15.2. The van der Waals surface area contributed by atoms with Crippen LogP contribution in [0.25, 0.3) is 0 Å².